The fraction of sp³-hybridized carbons (Fsp3) is 0.143. The van der Waals surface area contributed by atoms with E-state index in [1.165, 1.54) is 6.21 Å². The summed E-state index contributed by atoms with van der Waals surface area (Å²) in [6.45, 7) is 0. The van der Waals surface area contributed by atoms with Crippen LogP contribution in [0.2, 0.25) is 0 Å². The van der Waals surface area contributed by atoms with Crippen molar-refractivity contribution >= 4 is 17.8 Å². The maximum atomic E-state index is 11.8. The third kappa shape index (κ3) is 3.45. The number of anilines is 1. The Kier molecular flexibility index (Phi) is 3.97. The van der Waals surface area contributed by atoms with Crippen LogP contribution in [-0.4, -0.2) is 26.2 Å². The SMILES string of the molecule is CN(C)c1ccc(C(=O)N/N=C\c2ccco2)cc1. The number of amides is 1. The highest BCUT2D eigenvalue weighted by atomic mass is 16.3. The molecule has 1 N–H and O–H groups in total. The normalized spacial score (nSPS) is 10.6. The molecule has 0 aliphatic rings. The molecule has 0 atom stereocenters. The van der Waals surface area contributed by atoms with Crippen molar-refractivity contribution in [1.29, 1.82) is 0 Å². The van der Waals surface area contributed by atoms with E-state index in [2.05, 4.69) is 10.5 Å². The molecule has 5 nitrogen and oxygen atoms in total. The molecule has 19 heavy (non-hydrogen) atoms. The van der Waals surface area contributed by atoms with Crippen LogP contribution in [0, 0.1) is 0 Å². The summed E-state index contributed by atoms with van der Waals surface area (Å²) in [7, 11) is 3.89. The second-order valence-electron chi connectivity index (χ2n) is 4.16. The molecule has 0 bridgehead atoms. The van der Waals surface area contributed by atoms with E-state index in [0.29, 0.717) is 11.3 Å². The molecule has 0 fully saturated rings. The Morgan fingerprint density at radius 3 is 2.58 bits per heavy atom. The third-order valence-corrected chi connectivity index (χ3v) is 2.55. The van der Waals surface area contributed by atoms with E-state index in [9.17, 15) is 4.79 Å². The van der Waals surface area contributed by atoms with Crippen LogP contribution in [0.15, 0.2) is 52.2 Å². The minimum atomic E-state index is -0.256. The van der Waals surface area contributed by atoms with Gasteiger partial charge in [-0.15, -0.1) is 0 Å². The summed E-state index contributed by atoms with van der Waals surface area (Å²) < 4.78 is 5.06. The van der Waals surface area contributed by atoms with Gasteiger partial charge in [0.2, 0.25) is 0 Å². The van der Waals surface area contributed by atoms with E-state index in [-0.39, 0.29) is 5.91 Å². The van der Waals surface area contributed by atoms with Crippen LogP contribution in [-0.2, 0) is 0 Å². The molecule has 0 radical (unpaired) electrons. The summed E-state index contributed by atoms with van der Waals surface area (Å²) in [6.07, 6.45) is 3.00. The van der Waals surface area contributed by atoms with Crippen molar-refractivity contribution < 1.29 is 9.21 Å². The lowest BCUT2D eigenvalue weighted by atomic mass is 10.2. The van der Waals surface area contributed by atoms with Gasteiger partial charge in [0.25, 0.3) is 5.91 Å². The van der Waals surface area contributed by atoms with Crippen molar-refractivity contribution in [2.24, 2.45) is 5.10 Å². The van der Waals surface area contributed by atoms with E-state index in [4.69, 9.17) is 4.42 Å². The molecule has 0 saturated heterocycles. The van der Waals surface area contributed by atoms with Gasteiger partial charge in [0.1, 0.15) is 5.76 Å². The number of hydrazone groups is 1. The molecule has 1 aromatic carbocycles. The Hall–Kier alpha value is -2.56. The van der Waals surface area contributed by atoms with E-state index >= 15 is 0 Å². The number of nitrogens with zero attached hydrogens (tertiary/aromatic N) is 2. The highest BCUT2D eigenvalue weighted by molar-refractivity contribution is 5.95. The first kappa shape index (κ1) is 12.9. The Morgan fingerprint density at radius 2 is 2.00 bits per heavy atom. The third-order valence-electron chi connectivity index (χ3n) is 2.55. The van der Waals surface area contributed by atoms with Gasteiger partial charge in [-0.05, 0) is 36.4 Å². The molecule has 0 spiro atoms. The summed E-state index contributed by atoms with van der Waals surface area (Å²) in [5, 5.41) is 3.82. The van der Waals surface area contributed by atoms with Crippen molar-refractivity contribution in [3.8, 4) is 0 Å². The van der Waals surface area contributed by atoms with Crippen molar-refractivity contribution in [2.45, 2.75) is 0 Å². The van der Waals surface area contributed by atoms with Crippen molar-refractivity contribution in [3.05, 3.63) is 54.0 Å². The first-order valence-corrected chi connectivity index (χ1v) is 5.81. The Morgan fingerprint density at radius 1 is 1.26 bits per heavy atom. The number of benzene rings is 1. The van der Waals surface area contributed by atoms with E-state index in [1.807, 2.05) is 31.1 Å². The molecule has 0 aliphatic carbocycles. The van der Waals surface area contributed by atoms with Gasteiger partial charge in [-0.1, -0.05) is 0 Å². The number of carbonyl (C=O) groups excluding carboxylic acids is 1. The highest BCUT2D eigenvalue weighted by Gasteiger charge is 2.04. The van der Waals surface area contributed by atoms with Gasteiger partial charge < -0.3 is 9.32 Å². The molecule has 1 heterocycles. The summed E-state index contributed by atoms with van der Waals surface area (Å²) >= 11 is 0. The van der Waals surface area contributed by atoms with Crippen LogP contribution < -0.4 is 10.3 Å². The van der Waals surface area contributed by atoms with E-state index in [1.54, 1.807) is 30.5 Å². The molecule has 1 amide bonds. The van der Waals surface area contributed by atoms with Gasteiger partial charge in [0.15, 0.2) is 0 Å². The Labute approximate surface area is 111 Å². The van der Waals surface area contributed by atoms with Crippen LogP contribution in [0.4, 0.5) is 5.69 Å². The fourth-order valence-electron chi connectivity index (χ4n) is 1.49. The Bertz CT molecular complexity index is 557. The van der Waals surface area contributed by atoms with Crippen LogP contribution in [0.3, 0.4) is 0 Å². The van der Waals surface area contributed by atoms with Crippen LogP contribution in [0.1, 0.15) is 16.1 Å². The molecule has 0 aliphatic heterocycles. The largest absolute Gasteiger partial charge is 0.463 e. The molecular weight excluding hydrogens is 242 g/mol. The fourth-order valence-corrected chi connectivity index (χ4v) is 1.49. The molecular formula is C14H15N3O2. The molecule has 98 valence electrons. The van der Waals surface area contributed by atoms with Gasteiger partial charge in [-0.3, -0.25) is 4.79 Å². The van der Waals surface area contributed by atoms with Crippen LogP contribution in [0.5, 0.6) is 0 Å². The predicted octanol–water partition coefficient (Wildman–Crippen LogP) is 2.11. The monoisotopic (exact) mass is 257 g/mol. The van der Waals surface area contributed by atoms with Gasteiger partial charge in [-0.2, -0.15) is 5.10 Å². The van der Waals surface area contributed by atoms with Gasteiger partial charge >= 0.3 is 0 Å². The lowest BCUT2D eigenvalue weighted by molar-refractivity contribution is 0.0955. The molecule has 1 aromatic heterocycles. The molecule has 2 aromatic rings. The first-order chi connectivity index (χ1) is 9.16. The molecule has 0 unspecified atom stereocenters. The molecule has 5 heteroatoms. The topological polar surface area (TPSA) is 57.8 Å². The summed E-state index contributed by atoms with van der Waals surface area (Å²) in [4.78, 5) is 13.8. The maximum absolute atomic E-state index is 11.8. The smallest absolute Gasteiger partial charge is 0.271 e. The van der Waals surface area contributed by atoms with Gasteiger partial charge in [0, 0.05) is 25.3 Å². The number of hydrogen-bond donors (Lipinski definition) is 1. The Balaban J connectivity index is 1.96. The highest BCUT2D eigenvalue weighted by Crippen LogP contribution is 2.11. The lowest BCUT2D eigenvalue weighted by Gasteiger charge is -2.12. The van der Waals surface area contributed by atoms with Gasteiger partial charge in [0.05, 0.1) is 12.5 Å². The number of carbonyl (C=O) groups is 1. The minimum absolute atomic E-state index is 0.256. The van der Waals surface area contributed by atoms with Crippen molar-refractivity contribution in [2.75, 3.05) is 19.0 Å². The quantitative estimate of drug-likeness (QED) is 0.674. The van der Waals surface area contributed by atoms with E-state index in [0.717, 1.165) is 5.69 Å². The average molecular weight is 257 g/mol. The van der Waals surface area contributed by atoms with Crippen molar-refractivity contribution in [3.63, 3.8) is 0 Å². The zero-order valence-corrected chi connectivity index (χ0v) is 10.8. The number of rotatable bonds is 4. The molecule has 2 rings (SSSR count). The van der Waals surface area contributed by atoms with Crippen molar-refractivity contribution in [1.82, 2.24) is 5.43 Å². The van der Waals surface area contributed by atoms with Gasteiger partial charge in [-0.25, -0.2) is 5.43 Å². The maximum Gasteiger partial charge on any atom is 0.271 e. The average Bonchev–Trinajstić information content (AvgIpc) is 2.92. The summed E-state index contributed by atoms with van der Waals surface area (Å²) in [5.41, 5.74) is 4.04. The second kappa shape index (κ2) is 5.86. The van der Waals surface area contributed by atoms with Crippen LogP contribution >= 0.6 is 0 Å². The number of furan rings is 1. The number of hydrogen-bond acceptors (Lipinski definition) is 4. The van der Waals surface area contributed by atoms with E-state index < -0.39 is 0 Å². The number of nitrogens with one attached hydrogen (secondary N) is 1. The van der Waals surface area contributed by atoms with Crippen LogP contribution in [0.25, 0.3) is 0 Å². The minimum Gasteiger partial charge on any atom is -0.463 e. The summed E-state index contributed by atoms with van der Waals surface area (Å²) in [6, 6.07) is 10.8. The predicted molar refractivity (Wildman–Crippen MR) is 74.5 cm³/mol. The lowest BCUT2D eigenvalue weighted by Crippen LogP contribution is -2.17. The zero-order valence-electron chi connectivity index (χ0n) is 10.8. The zero-order chi connectivity index (χ0) is 13.7. The second-order valence-corrected chi connectivity index (χ2v) is 4.16. The first-order valence-electron chi connectivity index (χ1n) is 5.81. The summed E-state index contributed by atoms with van der Waals surface area (Å²) in [5.74, 6) is 0.330. The molecule has 0 saturated carbocycles. The standard InChI is InChI=1S/C14H15N3O2/c1-17(2)12-7-5-11(6-8-12)14(18)16-15-10-13-4-3-9-19-13/h3-10H,1-2H3,(H,16,18)/b15-10-.